The zero-order chi connectivity index (χ0) is 25.6. The highest BCUT2D eigenvalue weighted by atomic mass is 16.6. The molecule has 37 heavy (non-hydrogen) atoms. The maximum absolute atomic E-state index is 11.6. The first-order valence-electron chi connectivity index (χ1n) is 13.0. The van der Waals surface area contributed by atoms with Crippen molar-refractivity contribution in [3.63, 3.8) is 0 Å². The molecule has 3 aromatic rings. The molecule has 3 aromatic carbocycles. The van der Waals surface area contributed by atoms with Gasteiger partial charge in [-0.25, -0.2) is 0 Å². The van der Waals surface area contributed by atoms with E-state index in [-0.39, 0.29) is 24.1 Å². The molecule has 1 saturated carbocycles. The van der Waals surface area contributed by atoms with E-state index in [1.54, 1.807) is 12.1 Å². The zero-order valence-corrected chi connectivity index (χ0v) is 21.2. The van der Waals surface area contributed by atoms with E-state index < -0.39 is 4.92 Å². The standard InChI is InChI=1S/C30H33N3O4/c1-32(26-15-12-24(13-16-26)23-10-6-3-7-11-23)20-27-19-28(31-37-27)25-14-17-29(33(34)35)30(18-25)36-21-22-8-4-2-5-9-22/h2-11,14,17-18,24,26-27H,12-13,15-16,19-21H2,1H3. The zero-order valence-electron chi connectivity index (χ0n) is 21.2. The number of nitro benzene ring substituents is 1. The van der Waals surface area contributed by atoms with Crippen molar-refractivity contribution in [3.05, 3.63) is 106 Å². The van der Waals surface area contributed by atoms with Gasteiger partial charge in [0.25, 0.3) is 0 Å². The molecule has 5 rings (SSSR count). The molecule has 0 amide bonds. The van der Waals surface area contributed by atoms with E-state index in [9.17, 15) is 10.1 Å². The van der Waals surface area contributed by atoms with Gasteiger partial charge < -0.3 is 9.57 Å². The van der Waals surface area contributed by atoms with Crippen LogP contribution in [0.15, 0.2) is 84.0 Å². The first kappa shape index (κ1) is 25.0. The summed E-state index contributed by atoms with van der Waals surface area (Å²) in [6.45, 7) is 1.06. The van der Waals surface area contributed by atoms with Crippen LogP contribution < -0.4 is 4.74 Å². The minimum atomic E-state index is -0.415. The van der Waals surface area contributed by atoms with Crippen molar-refractivity contribution in [1.82, 2.24) is 4.90 Å². The number of nitrogens with zero attached hydrogens (tertiary/aromatic N) is 3. The monoisotopic (exact) mass is 499 g/mol. The topological polar surface area (TPSA) is 77.2 Å². The summed E-state index contributed by atoms with van der Waals surface area (Å²) in [5.74, 6) is 0.897. The van der Waals surface area contributed by atoms with Crippen LogP contribution in [-0.2, 0) is 11.4 Å². The molecule has 0 spiro atoms. The molecule has 0 radical (unpaired) electrons. The Bertz CT molecular complexity index is 1220. The summed E-state index contributed by atoms with van der Waals surface area (Å²) >= 11 is 0. The van der Waals surface area contributed by atoms with Gasteiger partial charge in [0.1, 0.15) is 12.7 Å². The minimum Gasteiger partial charge on any atom is -0.482 e. The van der Waals surface area contributed by atoms with Gasteiger partial charge in [0.15, 0.2) is 5.75 Å². The largest absolute Gasteiger partial charge is 0.482 e. The molecule has 192 valence electrons. The fourth-order valence-electron chi connectivity index (χ4n) is 5.44. The molecule has 7 nitrogen and oxygen atoms in total. The molecule has 1 aliphatic carbocycles. The number of hydrogen-bond acceptors (Lipinski definition) is 6. The Labute approximate surface area is 217 Å². The van der Waals surface area contributed by atoms with Gasteiger partial charge in [0, 0.05) is 30.6 Å². The highest BCUT2D eigenvalue weighted by Crippen LogP contribution is 2.35. The summed E-state index contributed by atoms with van der Waals surface area (Å²) in [7, 11) is 2.18. The van der Waals surface area contributed by atoms with Gasteiger partial charge in [0.2, 0.25) is 0 Å². The number of oxime groups is 1. The second kappa shape index (κ2) is 11.6. The summed E-state index contributed by atoms with van der Waals surface area (Å²) in [5, 5.41) is 15.9. The van der Waals surface area contributed by atoms with Crippen LogP contribution in [0.25, 0.3) is 0 Å². The molecular weight excluding hydrogens is 466 g/mol. The van der Waals surface area contributed by atoms with E-state index in [0.29, 0.717) is 18.4 Å². The lowest BCUT2D eigenvalue weighted by Gasteiger charge is -2.35. The molecule has 0 aromatic heterocycles. The van der Waals surface area contributed by atoms with E-state index in [1.807, 2.05) is 30.3 Å². The van der Waals surface area contributed by atoms with E-state index in [0.717, 1.165) is 23.4 Å². The Morgan fingerprint density at radius 1 is 1.00 bits per heavy atom. The summed E-state index contributed by atoms with van der Waals surface area (Å²) < 4.78 is 5.85. The first-order valence-corrected chi connectivity index (χ1v) is 13.0. The van der Waals surface area contributed by atoms with Crippen molar-refractivity contribution in [2.24, 2.45) is 5.16 Å². The van der Waals surface area contributed by atoms with Crippen LogP contribution in [0.2, 0.25) is 0 Å². The average Bonchev–Trinajstić information content (AvgIpc) is 3.41. The normalized spacial score (nSPS) is 21.4. The van der Waals surface area contributed by atoms with Crippen LogP contribution in [0, 0.1) is 10.1 Å². The van der Waals surface area contributed by atoms with Crippen molar-refractivity contribution in [3.8, 4) is 5.75 Å². The van der Waals surface area contributed by atoms with Crippen LogP contribution in [-0.4, -0.2) is 41.3 Å². The fourth-order valence-corrected chi connectivity index (χ4v) is 5.44. The molecule has 0 saturated heterocycles. The number of ether oxygens (including phenoxy) is 1. The Balaban J connectivity index is 1.16. The number of rotatable bonds is 9. The van der Waals surface area contributed by atoms with Gasteiger partial charge in [-0.3, -0.25) is 15.0 Å². The van der Waals surface area contributed by atoms with Crippen LogP contribution in [0.1, 0.15) is 54.7 Å². The third-order valence-corrected chi connectivity index (χ3v) is 7.54. The van der Waals surface area contributed by atoms with Crippen LogP contribution in [0.4, 0.5) is 5.69 Å². The Morgan fingerprint density at radius 2 is 1.70 bits per heavy atom. The predicted octanol–water partition coefficient (Wildman–Crippen LogP) is 6.33. The lowest BCUT2D eigenvalue weighted by atomic mass is 9.81. The van der Waals surface area contributed by atoms with Crippen molar-refractivity contribution in [1.29, 1.82) is 0 Å². The Hall–Kier alpha value is -3.71. The van der Waals surface area contributed by atoms with Gasteiger partial charge in [-0.2, -0.15) is 0 Å². The summed E-state index contributed by atoms with van der Waals surface area (Å²) in [6.07, 6.45) is 5.42. The second-order valence-corrected chi connectivity index (χ2v) is 10.0. The molecule has 1 aliphatic heterocycles. The summed E-state index contributed by atoms with van der Waals surface area (Å²) in [4.78, 5) is 19.3. The van der Waals surface area contributed by atoms with Crippen molar-refractivity contribution >= 4 is 11.4 Å². The quantitative estimate of drug-likeness (QED) is 0.254. The maximum atomic E-state index is 11.6. The van der Waals surface area contributed by atoms with Crippen LogP contribution >= 0.6 is 0 Å². The predicted molar refractivity (Wildman–Crippen MR) is 144 cm³/mol. The van der Waals surface area contributed by atoms with Crippen LogP contribution in [0.5, 0.6) is 5.75 Å². The minimum absolute atomic E-state index is 0.0317. The van der Waals surface area contributed by atoms with E-state index in [4.69, 9.17) is 9.57 Å². The third kappa shape index (κ3) is 6.17. The maximum Gasteiger partial charge on any atom is 0.310 e. The molecule has 0 bridgehead atoms. The number of likely N-dealkylation sites (N-methyl/N-ethyl adjacent to an activating group) is 1. The first-order chi connectivity index (χ1) is 18.1. The molecule has 0 N–H and O–H groups in total. The molecular formula is C30H33N3O4. The number of nitro groups is 1. The SMILES string of the molecule is CN(CC1CC(c2ccc([N+](=O)[O-])c(OCc3ccccc3)c2)=NO1)C1CCC(c2ccccc2)CC1. The van der Waals surface area contributed by atoms with Gasteiger partial charge in [-0.1, -0.05) is 65.8 Å². The second-order valence-electron chi connectivity index (χ2n) is 10.0. The lowest BCUT2D eigenvalue weighted by molar-refractivity contribution is -0.385. The van der Waals surface area contributed by atoms with Crippen LogP contribution in [0.3, 0.4) is 0 Å². The van der Waals surface area contributed by atoms with E-state index in [1.165, 1.54) is 37.3 Å². The van der Waals surface area contributed by atoms with E-state index >= 15 is 0 Å². The number of hydrogen-bond donors (Lipinski definition) is 0. The molecule has 1 fully saturated rings. The molecule has 7 heteroatoms. The van der Waals surface area contributed by atoms with Gasteiger partial charge in [0.05, 0.1) is 10.6 Å². The Morgan fingerprint density at radius 3 is 2.41 bits per heavy atom. The number of benzene rings is 3. The fraction of sp³-hybridized carbons (Fsp3) is 0.367. The summed E-state index contributed by atoms with van der Waals surface area (Å²) in [6, 6.07) is 25.9. The molecule has 1 heterocycles. The van der Waals surface area contributed by atoms with Gasteiger partial charge in [-0.05, 0) is 61.9 Å². The van der Waals surface area contributed by atoms with E-state index in [2.05, 4.69) is 47.4 Å². The van der Waals surface area contributed by atoms with Gasteiger partial charge in [-0.15, -0.1) is 0 Å². The molecule has 2 aliphatic rings. The average molecular weight is 500 g/mol. The summed E-state index contributed by atoms with van der Waals surface area (Å²) in [5.41, 5.74) is 3.94. The smallest absolute Gasteiger partial charge is 0.310 e. The van der Waals surface area contributed by atoms with Gasteiger partial charge >= 0.3 is 5.69 Å². The van der Waals surface area contributed by atoms with Crippen molar-refractivity contribution in [2.45, 2.75) is 56.8 Å². The third-order valence-electron chi connectivity index (χ3n) is 7.54. The van der Waals surface area contributed by atoms with Crippen molar-refractivity contribution in [2.75, 3.05) is 13.6 Å². The lowest BCUT2D eigenvalue weighted by Crippen LogP contribution is -2.39. The highest BCUT2D eigenvalue weighted by molar-refractivity contribution is 6.01. The molecule has 1 atom stereocenters. The van der Waals surface area contributed by atoms with Crippen molar-refractivity contribution < 1.29 is 14.5 Å². The Kier molecular flexibility index (Phi) is 7.80. The molecule has 1 unspecified atom stereocenters. The highest BCUT2D eigenvalue weighted by Gasteiger charge is 2.30.